The lowest BCUT2D eigenvalue weighted by Crippen LogP contribution is -1.98. The maximum Gasteiger partial charge on any atom is 0.119 e. The highest BCUT2D eigenvalue weighted by molar-refractivity contribution is 5.63. The number of rotatable bonds is 12. The van der Waals surface area contributed by atoms with Crippen molar-refractivity contribution in [2.24, 2.45) is 5.73 Å². The van der Waals surface area contributed by atoms with Crippen LogP contribution in [0.2, 0.25) is 0 Å². The predicted octanol–water partition coefficient (Wildman–Crippen LogP) is 5.81. The van der Waals surface area contributed by atoms with Crippen LogP contribution < -0.4 is 10.5 Å². The first-order chi connectivity index (χ1) is 11.9. The number of unbranched alkanes of at least 4 members (excludes halogenated alkanes) is 7. The molecule has 0 atom stereocenters. The van der Waals surface area contributed by atoms with Gasteiger partial charge in [-0.15, -0.1) is 0 Å². The van der Waals surface area contributed by atoms with E-state index in [1.54, 1.807) is 0 Å². The summed E-state index contributed by atoms with van der Waals surface area (Å²) in [6, 6.07) is 18.8. The maximum absolute atomic E-state index is 5.84. The lowest BCUT2D eigenvalue weighted by atomic mass is 10.1. The quantitative estimate of drug-likeness (QED) is 0.500. The Labute approximate surface area is 147 Å². The lowest BCUT2D eigenvalue weighted by molar-refractivity contribution is 0.304. The number of ether oxygens (including phenoxy) is 1. The first-order valence-electron chi connectivity index (χ1n) is 9.38. The van der Waals surface area contributed by atoms with Crippen LogP contribution in [0, 0.1) is 0 Å². The van der Waals surface area contributed by atoms with Gasteiger partial charge in [0, 0.05) is 0 Å². The van der Waals surface area contributed by atoms with Gasteiger partial charge in [-0.3, -0.25) is 0 Å². The van der Waals surface area contributed by atoms with E-state index in [1.165, 1.54) is 56.1 Å². The van der Waals surface area contributed by atoms with Gasteiger partial charge in [-0.25, -0.2) is 0 Å². The molecule has 0 saturated carbocycles. The average molecular weight is 325 g/mol. The SMILES string of the molecule is NCCCCCCCCCCOc1ccc(-c2ccccc2)cc1. The second-order valence-electron chi connectivity index (χ2n) is 6.36. The monoisotopic (exact) mass is 325 g/mol. The molecule has 2 N–H and O–H groups in total. The van der Waals surface area contributed by atoms with Gasteiger partial charge in [0.05, 0.1) is 6.61 Å². The van der Waals surface area contributed by atoms with Gasteiger partial charge in [-0.05, 0) is 42.6 Å². The van der Waals surface area contributed by atoms with Crippen LogP contribution >= 0.6 is 0 Å². The van der Waals surface area contributed by atoms with Crippen LogP contribution in [0.5, 0.6) is 5.75 Å². The Hall–Kier alpha value is -1.80. The first kappa shape index (κ1) is 18.5. The zero-order valence-electron chi connectivity index (χ0n) is 14.8. The van der Waals surface area contributed by atoms with Crippen LogP contribution in [0.15, 0.2) is 54.6 Å². The van der Waals surface area contributed by atoms with Crippen molar-refractivity contribution in [1.29, 1.82) is 0 Å². The van der Waals surface area contributed by atoms with Crippen molar-refractivity contribution in [2.75, 3.05) is 13.2 Å². The third-order valence-corrected chi connectivity index (χ3v) is 4.33. The second-order valence-corrected chi connectivity index (χ2v) is 6.36. The summed E-state index contributed by atoms with van der Waals surface area (Å²) in [6.07, 6.45) is 10.2. The Bertz CT molecular complexity index is 536. The van der Waals surface area contributed by atoms with E-state index in [0.717, 1.165) is 25.3 Å². The third kappa shape index (κ3) is 7.18. The molecule has 24 heavy (non-hydrogen) atoms. The van der Waals surface area contributed by atoms with Gasteiger partial charge >= 0.3 is 0 Å². The Kier molecular flexibility index (Phi) is 9.03. The van der Waals surface area contributed by atoms with Crippen molar-refractivity contribution >= 4 is 0 Å². The van der Waals surface area contributed by atoms with E-state index in [2.05, 4.69) is 48.5 Å². The molecule has 2 heteroatoms. The van der Waals surface area contributed by atoms with Crippen LogP contribution in [-0.2, 0) is 0 Å². The van der Waals surface area contributed by atoms with Crippen molar-refractivity contribution in [3.05, 3.63) is 54.6 Å². The van der Waals surface area contributed by atoms with E-state index in [1.807, 2.05) is 6.07 Å². The van der Waals surface area contributed by atoms with Gasteiger partial charge < -0.3 is 10.5 Å². The minimum Gasteiger partial charge on any atom is -0.494 e. The van der Waals surface area contributed by atoms with Gasteiger partial charge in [0.15, 0.2) is 0 Å². The van der Waals surface area contributed by atoms with Gasteiger partial charge in [-0.1, -0.05) is 81.0 Å². The van der Waals surface area contributed by atoms with Gasteiger partial charge in [0.1, 0.15) is 5.75 Å². The fraction of sp³-hybridized carbons (Fsp3) is 0.455. The molecule has 0 fully saturated rings. The average Bonchev–Trinajstić information content (AvgIpc) is 2.64. The highest BCUT2D eigenvalue weighted by Gasteiger charge is 1.98. The van der Waals surface area contributed by atoms with Gasteiger partial charge in [0.2, 0.25) is 0 Å². The van der Waals surface area contributed by atoms with Crippen LogP contribution in [-0.4, -0.2) is 13.2 Å². The molecule has 0 bridgehead atoms. The molecular formula is C22H31NO. The standard InChI is InChI=1S/C22H31NO/c23-18-10-5-3-1-2-4-6-11-19-24-22-16-14-21(15-17-22)20-12-8-7-9-13-20/h7-9,12-17H,1-6,10-11,18-19,23H2. The normalized spacial score (nSPS) is 10.7. The number of hydrogen-bond acceptors (Lipinski definition) is 2. The third-order valence-electron chi connectivity index (χ3n) is 4.33. The van der Waals surface area contributed by atoms with Gasteiger partial charge in [0.25, 0.3) is 0 Å². The van der Waals surface area contributed by atoms with E-state index in [0.29, 0.717) is 0 Å². The van der Waals surface area contributed by atoms with Crippen LogP contribution in [0.3, 0.4) is 0 Å². The summed E-state index contributed by atoms with van der Waals surface area (Å²) in [5.41, 5.74) is 7.98. The summed E-state index contributed by atoms with van der Waals surface area (Å²) in [5, 5.41) is 0. The number of benzene rings is 2. The molecule has 2 aromatic carbocycles. The molecule has 0 radical (unpaired) electrons. The Morgan fingerprint density at radius 1 is 0.583 bits per heavy atom. The van der Waals surface area contributed by atoms with Crippen molar-refractivity contribution in [3.8, 4) is 16.9 Å². The zero-order valence-corrected chi connectivity index (χ0v) is 14.8. The Morgan fingerprint density at radius 2 is 1.12 bits per heavy atom. The molecule has 0 heterocycles. The molecule has 0 spiro atoms. The maximum atomic E-state index is 5.84. The van der Waals surface area contributed by atoms with E-state index in [-0.39, 0.29) is 0 Å². The highest BCUT2D eigenvalue weighted by Crippen LogP contribution is 2.22. The van der Waals surface area contributed by atoms with Crippen LogP contribution in [0.1, 0.15) is 51.4 Å². The fourth-order valence-corrected chi connectivity index (χ4v) is 2.87. The number of hydrogen-bond donors (Lipinski definition) is 1. The summed E-state index contributed by atoms with van der Waals surface area (Å²) in [7, 11) is 0. The molecule has 0 aromatic heterocycles. The van der Waals surface area contributed by atoms with Crippen molar-refractivity contribution in [3.63, 3.8) is 0 Å². The molecule has 0 aliphatic heterocycles. The molecule has 2 rings (SSSR count). The lowest BCUT2D eigenvalue weighted by Gasteiger charge is -2.07. The zero-order chi connectivity index (χ0) is 16.9. The molecule has 0 aliphatic carbocycles. The van der Waals surface area contributed by atoms with E-state index in [9.17, 15) is 0 Å². The minimum atomic E-state index is 0.817. The topological polar surface area (TPSA) is 35.2 Å². The molecule has 2 nitrogen and oxygen atoms in total. The molecular weight excluding hydrogens is 294 g/mol. The van der Waals surface area contributed by atoms with Gasteiger partial charge in [-0.2, -0.15) is 0 Å². The smallest absolute Gasteiger partial charge is 0.119 e. The summed E-state index contributed by atoms with van der Waals surface area (Å²) in [4.78, 5) is 0. The molecule has 0 unspecified atom stereocenters. The molecule has 2 aromatic rings. The molecule has 130 valence electrons. The molecule has 0 amide bonds. The first-order valence-corrected chi connectivity index (χ1v) is 9.38. The predicted molar refractivity (Wildman–Crippen MR) is 103 cm³/mol. The summed E-state index contributed by atoms with van der Waals surface area (Å²) < 4.78 is 5.84. The van der Waals surface area contributed by atoms with E-state index in [4.69, 9.17) is 10.5 Å². The van der Waals surface area contributed by atoms with Crippen molar-refractivity contribution in [1.82, 2.24) is 0 Å². The minimum absolute atomic E-state index is 0.817. The van der Waals surface area contributed by atoms with Crippen molar-refractivity contribution in [2.45, 2.75) is 51.4 Å². The second kappa shape index (κ2) is 11.7. The molecule has 0 aliphatic rings. The van der Waals surface area contributed by atoms with Crippen LogP contribution in [0.25, 0.3) is 11.1 Å². The van der Waals surface area contributed by atoms with Crippen LogP contribution in [0.4, 0.5) is 0 Å². The number of nitrogens with two attached hydrogens (primary N) is 1. The summed E-state index contributed by atoms with van der Waals surface area (Å²) in [6.45, 7) is 1.65. The molecule has 0 saturated heterocycles. The highest BCUT2D eigenvalue weighted by atomic mass is 16.5. The van der Waals surface area contributed by atoms with E-state index >= 15 is 0 Å². The fourth-order valence-electron chi connectivity index (χ4n) is 2.87. The summed E-state index contributed by atoms with van der Waals surface area (Å²) >= 11 is 0. The largest absolute Gasteiger partial charge is 0.494 e. The Balaban J connectivity index is 1.55. The summed E-state index contributed by atoms with van der Waals surface area (Å²) in [5.74, 6) is 0.969. The van der Waals surface area contributed by atoms with Crippen molar-refractivity contribution < 1.29 is 4.74 Å². The van der Waals surface area contributed by atoms with E-state index < -0.39 is 0 Å². The Morgan fingerprint density at radius 3 is 1.75 bits per heavy atom.